The molecule has 0 aliphatic rings. The summed E-state index contributed by atoms with van der Waals surface area (Å²) in [6, 6.07) is 0. The molecule has 0 aromatic carbocycles. The first kappa shape index (κ1) is 30.7. The topological polar surface area (TPSA) is 72.8 Å². The van der Waals surface area contributed by atoms with Gasteiger partial charge >= 0.3 is 11.9 Å². The molecule has 0 amide bonds. The van der Waals surface area contributed by atoms with E-state index in [4.69, 9.17) is 9.47 Å². The minimum Gasteiger partial charge on any atom is -0.456 e. The second-order valence-corrected chi connectivity index (χ2v) is 7.55. The summed E-state index contributed by atoms with van der Waals surface area (Å²) in [7, 11) is 0. The van der Waals surface area contributed by atoms with Crippen molar-refractivity contribution in [1.29, 1.82) is 0 Å². The number of hydrogen-bond acceptors (Lipinski definition) is 5. The van der Waals surface area contributed by atoms with Crippen LogP contribution in [0.25, 0.3) is 0 Å². The van der Waals surface area contributed by atoms with Gasteiger partial charge in [-0.05, 0) is 60.7 Å². The maximum Gasteiger partial charge on any atom is 0.385 e. The van der Waals surface area contributed by atoms with Crippen molar-refractivity contribution in [2.45, 2.75) is 97.0 Å². The van der Waals surface area contributed by atoms with Crippen molar-refractivity contribution < 1.29 is 24.2 Å². The first-order valence-electron chi connectivity index (χ1n) is 12.0. The lowest BCUT2D eigenvalue weighted by molar-refractivity contribution is -0.159. The van der Waals surface area contributed by atoms with Crippen LogP contribution >= 0.6 is 0 Å². The Kier molecular flexibility index (Phi) is 22.0. The van der Waals surface area contributed by atoms with Gasteiger partial charge in [0.05, 0.1) is 6.61 Å². The first-order valence-corrected chi connectivity index (χ1v) is 12.0. The molecule has 0 bridgehead atoms. The Balaban J connectivity index is 3.95. The number of rotatable bonds is 16. The molecule has 0 aliphatic heterocycles. The minimum atomic E-state index is -0.910. The van der Waals surface area contributed by atoms with Crippen molar-refractivity contribution >= 4 is 11.9 Å². The number of carbonyl (C=O) groups excluding carboxylic acids is 2. The van der Waals surface area contributed by atoms with E-state index in [1.807, 2.05) is 0 Å². The number of carbonyl (C=O) groups is 2. The molecule has 0 saturated carbocycles. The smallest absolute Gasteiger partial charge is 0.385 e. The fraction of sp³-hybridized carbons (Fsp3) is 0.586. The highest BCUT2D eigenvalue weighted by atomic mass is 16.6. The van der Waals surface area contributed by atoms with Gasteiger partial charge in [0.1, 0.15) is 6.61 Å². The maximum absolute atomic E-state index is 11.9. The lowest BCUT2D eigenvalue weighted by atomic mass is 10.1. The van der Waals surface area contributed by atoms with Crippen LogP contribution in [0.1, 0.15) is 90.9 Å². The normalized spacial score (nSPS) is 9.62. The zero-order valence-corrected chi connectivity index (χ0v) is 20.6. The highest BCUT2D eigenvalue weighted by Crippen LogP contribution is 2.12. The molecule has 0 rings (SSSR count). The van der Waals surface area contributed by atoms with Gasteiger partial charge in [-0.1, -0.05) is 77.1 Å². The van der Waals surface area contributed by atoms with Crippen LogP contribution in [0.4, 0.5) is 0 Å². The van der Waals surface area contributed by atoms with E-state index in [0.29, 0.717) is 0 Å². The molecule has 182 valence electrons. The molecule has 0 aliphatic carbocycles. The van der Waals surface area contributed by atoms with Crippen LogP contribution in [0.2, 0.25) is 0 Å². The summed E-state index contributed by atoms with van der Waals surface area (Å²) in [5, 5.41) is 9.34. The van der Waals surface area contributed by atoms with Crippen molar-refractivity contribution in [3.05, 3.63) is 0 Å². The van der Waals surface area contributed by atoms with Crippen LogP contribution in [0.3, 0.4) is 0 Å². The van der Waals surface area contributed by atoms with Crippen LogP contribution in [0.5, 0.6) is 0 Å². The molecule has 0 aromatic heterocycles. The first-order chi connectivity index (χ1) is 16.6. The number of aliphatic hydroxyl groups is 1. The van der Waals surface area contributed by atoms with E-state index in [0.717, 1.165) is 19.3 Å². The van der Waals surface area contributed by atoms with E-state index in [1.165, 1.54) is 51.4 Å². The van der Waals surface area contributed by atoms with Crippen LogP contribution < -0.4 is 0 Å². The fourth-order valence-electron chi connectivity index (χ4n) is 2.84. The summed E-state index contributed by atoms with van der Waals surface area (Å²) >= 11 is 0. The monoisotopic (exact) mass is 464 g/mol. The molecule has 0 saturated heterocycles. The largest absolute Gasteiger partial charge is 0.456 e. The van der Waals surface area contributed by atoms with Gasteiger partial charge in [-0.25, -0.2) is 4.79 Å². The maximum atomic E-state index is 11.9. The third kappa shape index (κ3) is 21.9. The quantitative estimate of drug-likeness (QED) is 0.161. The molecule has 0 fully saturated rings. The van der Waals surface area contributed by atoms with Crippen LogP contribution in [-0.2, 0) is 19.1 Å². The summed E-state index contributed by atoms with van der Waals surface area (Å²) in [6.07, 6.45) is 12.6. The van der Waals surface area contributed by atoms with Crippen molar-refractivity contribution in [2.75, 3.05) is 13.2 Å². The standard InChI is InChI=1S/C29H36O5/c1-3-5-7-9-11-13-14-16-18-20-22-24-29(32)34-27(25-30)26-33-28(31)23-21-19-17-15-12-10-8-6-4-2/h27,30H,3,5,7,9,11,13-14,16,18,20,22,24-26H2,1-2H3/t27-/m0/s1. The molecule has 0 spiro atoms. The molecule has 1 N–H and O–H groups in total. The van der Waals surface area contributed by atoms with E-state index < -0.39 is 24.6 Å². The van der Waals surface area contributed by atoms with Gasteiger partial charge in [0.2, 0.25) is 0 Å². The van der Waals surface area contributed by atoms with E-state index in [-0.39, 0.29) is 13.0 Å². The molecule has 0 radical (unpaired) electrons. The molecule has 5 heteroatoms. The second kappa shape index (κ2) is 24.3. The van der Waals surface area contributed by atoms with Gasteiger partial charge in [0.25, 0.3) is 0 Å². The van der Waals surface area contributed by atoms with Crippen LogP contribution in [0.15, 0.2) is 0 Å². The van der Waals surface area contributed by atoms with Gasteiger partial charge in [0, 0.05) is 12.3 Å². The van der Waals surface area contributed by atoms with E-state index in [2.05, 4.69) is 66.1 Å². The van der Waals surface area contributed by atoms with Gasteiger partial charge in [0.15, 0.2) is 6.10 Å². The molecule has 1 atom stereocenters. The van der Waals surface area contributed by atoms with Crippen molar-refractivity contribution in [3.63, 3.8) is 0 Å². The summed E-state index contributed by atoms with van der Waals surface area (Å²) in [5.41, 5.74) is 0. The second-order valence-electron chi connectivity index (χ2n) is 7.55. The Bertz CT molecular complexity index is 891. The summed E-state index contributed by atoms with van der Waals surface area (Å²) in [6.45, 7) is 3.19. The Morgan fingerprint density at radius 3 is 1.76 bits per heavy atom. The van der Waals surface area contributed by atoms with Gasteiger partial charge in [-0.3, -0.25) is 4.79 Å². The van der Waals surface area contributed by atoms with Crippen molar-refractivity contribution in [3.8, 4) is 59.2 Å². The number of aliphatic hydroxyl groups excluding tert-OH is 1. The average molecular weight is 465 g/mol. The molecular weight excluding hydrogens is 428 g/mol. The SMILES string of the molecule is CC#CC#CC#CC#CC#CC(=O)OC[C@H](CO)OC(=O)CCCCCCCCCCCCC. The van der Waals surface area contributed by atoms with Gasteiger partial charge in [-0.2, -0.15) is 0 Å². The minimum absolute atomic E-state index is 0.269. The lowest BCUT2D eigenvalue weighted by Crippen LogP contribution is -2.28. The third-order valence-electron chi connectivity index (χ3n) is 4.61. The molecular formula is C29H36O5. The summed E-state index contributed by atoms with van der Waals surface area (Å²) in [5.74, 6) is 23.0. The Hall–Kier alpha value is -3.30. The van der Waals surface area contributed by atoms with Crippen LogP contribution in [0, 0.1) is 59.2 Å². The molecule has 34 heavy (non-hydrogen) atoms. The van der Waals surface area contributed by atoms with Crippen molar-refractivity contribution in [1.82, 2.24) is 0 Å². The third-order valence-corrected chi connectivity index (χ3v) is 4.61. The average Bonchev–Trinajstić information content (AvgIpc) is 2.84. The predicted octanol–water partition coefficient (Wildman–Crippen LogP) is 4.17. The van der Waals surface area contributed by atoms with E-state index >= 15 is 0 Å². The summed E-state index contributed by atoms with van der Waals surface area (Å²) in [4.78, 5) is 23.5. The molecule has 0 aromatic rings. The Morgan fingerprint density at radius 2 is 1.24 bits per heavy atom. The lowest BCUT2D eigenvalue weighted by Gasteiger charge is -2.14. The van der Waals surface area contributed by atoms with Crippen molar-refractivity contribution in [2.24, 2.45) is 0 Å². The van der Waals surface area contributed by atoms with E-state index in [9.17, 15) is 14.7 Å². The van der Waals surface area contributed by atoms with Gasteiger partial charge in [-0.15, -0.1) is 0 Å². The summed E-state index contributed by atoms with van der Waals surface area (Å²) < 4.78 is 10.0. The molecule has 0 heterocycles. The van der Waals surface area contributed by atoms with Crippen LogP contribution in [-0.4, -0.2) is 36.4 Å². The number of esters is 2. The molecule has 5 nitrogen and oxygen atoms in total. The number of hydrogen-bond donors (Lipinski definition) is 1. The fourth-order valence-corrected chi connectivity index (χ4v) is 2.84. The zero-order chi connectivity index (χ0) is 25.1. The predicted molar refractivity (Wildman–Crippen MR) is 134 cm³/mol. The highest BCUT2D eigenvalue weighted by Gasteiger charge is 2.15. The number of unbranched alkanes of at least 4 members (excludes halogenated alkanes) is 10. The van der Waals surface area contributed by atoms with Gasteiger partial charge < -0.3 is 14.6 Å². The number of ether oxygens (including phenoxy) is 2. The highest BCUT2D eigenvalue weighted by molar-refractivity contribution is 5.89. The molecule has 0 unspecified atom stereocenters. The Labute approximate surface area is 205 Å². The zero-order valence-electron chi connectivity index (χ0n) is 20.6. The van der Waals surface area contributed by atoms with E-state index in [1.54, 1.807) is 6.92 Å². The Morgan fingerprint density at radius 1 is 0.735 bits per heavy atom.